The van der Waals surface area contributed by atoms with E-state index in [0.29, 0.717) is 5.96 Å². The van der Waals surface area contributed by atoms with Crippen LogP contribution in [0.4, 0.5) is 5.69 Å². The number of hydrogen-bond donors (Lipinski definition) is 3. The van der Waals surface area contributed by atoms with Gasteiger partial charge in [-0.05, 0) is 26.0 Å². The quantitative estimate of drug-likeness (QED) is 0.490. The molecule has 0 bridgehead atoms. The van der Waals surface area contributed by atoms with Crippen LogP contribution in [0.25, 0.3) is 0 Å². The van der Waals surface area contributed by atoms with E-state index >= 15 is 0 Å². The predicted molar refractivity (Wildman–Crippen MR) is 106 cm³/mol. The lowest BCUT2D eigenvalue weighted by atomic mass is 10.0. The van der Waals surface area contributed by atoms with Crippen LogP contribution < -0.4 is 15.5 Å². The van der Waals surface area contributed by atoms with Crippen molar-refractivity contribution < 1.29 is 5.11 Å². The fourth-order valence-corrected chi connectivity index (χ4v) is 2.52. The Morgan fingerprint density at radius 3 is 2.65 bits per heavy atom. The lowest BCUT2D eigenvalue weighted by molar-refractivity contribution is 0.0672. The monoisotopic (exact) mass is 358 g/mol. The van der Waals surface area contributed by atoms with Crippen molar-refractivity contribution in [2.75, 3.05) is 38.1 Å². The number of rotatable bonds is 8. The van der Waals surface area contributed by atoms with Crippen LogP contribution in [-0.4, -0.2) is 54.1 Å². The van der Waals surface area contributed by atoms with Gasteiger partial charge in [0.05, 0.1) is 12.7 Å². The number of nitrogens with zero attached hydrogens (tertiary/aromatic N) is 4. The van der Waals surface area contributed by atoms with Crippen molar-refractivity contribution in [1.29, 1.82) is 0 Å². The maximum atomic E-state index is 10.7. The molecule has 2 aromatic rings. The van der Waals surface area contributed by atoms with Crippen molar-refractivity contribution in [3.8, 4) is 0 Å². The molecule has 7 nitrogen and oxygen atoms in total. The predicted octanol–water partition coefficient (Wildman–Crippen LogP) is 1.32. The SMILES string of the molecule is CCNC(=NCC(C)(O)c1cnn(C)c1)NCCN(C)c1ccccc1. The zero-order chi connectivity index (χ0) is 19.0. The van der Waals surface area contributed by atoms with Gasteiger partial charge >= 0.3 is 0 Å². The number of hydrogen-bond acceptors (Lipinski definition) is 4. The number of aliphatic imine (C=N–C) groups is 1. The third-order valence-corrected chi connectivity index (χ3v) is 4.15. The Labute approximate surface area is 155 Å². The van der Waals surface area contributed by atoms with Crippen molar-refractivity contribution in [3.63, 3.8) is 0 Å². The molecule has 0 aliphatic heterocycles. The maximum absolute atomic E-state index is 10.7. The number of nitrogens with one attached hydrogen (secondary N) is 2. The highest BCUT2D eigenvalue weighted by Gasteiger charge is 2.24. The third kappa shape index (κ3) is 5.77. The second-order valence-corrected chi connectivity index (χ2v) is 6.56. The summed E-state index contributed by atoms with van der Waals surface area (Å²) in [4.78, 5) is 6.71. The van der Waals surface area contributed by atoms with Gasteiger partial charge in [0.2, 0.25) is 0 Å². The van der Waals surface area contributed by atoms with Gasteiger partial charge in [-0.25, -0.2) is 4.99 Å². The molecule has 3 N–H and O–H groups in total. The van der Waals surface area contributed by atoms with Gasteiger partial charge in [0.25, 0.3) is 0 Å². The first kappa shape index (κ1) is 19.8. The third-order valence-electron chi connectivity index (χ3n) is 4.15. The summed E-state index contributed by atoms with van der Waals surface area (Å²) in [7, 11) is 3.89. The highest BCUT2D eigenvalue weighted by molar-refractivity contribution is 5.79. The van der Waals surface area contributed by atoms with E-state index < -0.39 is 5.60 Å². The molecule has 26 heavy (non-hydrogen) atoms. The van der Waals surface area contributed by atoms with Crippen LogP contribution in [0.5, 0.6) is 0 Å². The Balaban J connectivity index is 1.90. The van der Waals surface area contributed by atoms with Gasteiger partial charge in [0.1, 0.15) is 5.60 Å². The number of likely N-dealkylation sites (N-methyl/N-ethyl adjacent to an activating group) is 1. The first-order valence-electron chi connectivity index (χ1n) is 8.92. The highest BCUT2D eigenvalue weighted by Crippen LogP contribution is 2.19. The molecule has 0 saturated carbocycles. The molecular weight excluding hydrogens is 328 g/mol. The molecule has 2 rings (SSSR count). The minimum Gasteiger partial charge on any atom is -0.383 e. The van der Waals surface area contributed by atoms with E-state index in [-0.39, 0.29) is 6.54 Å². The van der Waals surface area contributed by atoms with E-state index in [1.54, 1.807) is 17.8 Å². The number of aromatic nitrogens is 2. The lowest BCUT2D eigenvalue weighted by Crippen LogP contribution is -2.42. The molecule has 0 fully saturated rings. The first-order chi connectivity index (χ1) is 12.4. The second kappa shape index (κ2) is 9.24. The number of benzene rings is 1. The molecule has 0 amide bonds. The van der Waals surface area contributed by atoms with Gasteiger partial charge in [-0.3, -0.25) is 4.68 Å². The van der Waals surface area contributed by atoms with Gasteiger partial charge in [-0.15, -0.1) is 0 Å². The van der Waals surface area contributed by atoms with E-state index in [4.69, 9.17) is 0 Å². The van der Waals surface area contributed by atoms with Crippen molar-refractivity contribution in [3.05, 3.63) is 48.3 Å². The number of guanidine groups is 1. The van der Waals surface area contributed by atoms with Crippen molar-refractivity contribution in [1.82, 2.24) is 20.4 Å². The molecule has 1 atom stereocenters. The summed E-state index contributed by atoms with van der Waals surface area (Å²) < 4.78 is 1.68. The van der Waals surface area contributed by atoms with Crippen LogP contribution in [0.3, 0.4) is 0 Å². The van der Waals surface area contributed by atoms with Gasteiger partial charge in [-0.1, -0.05) is 18.2 Å². The minimum absolute atomic E-state index is 0.253. The molecule has 1 aromatic carbocycles. The number of anilines is 1. The van der Waals surface area contributed by atoms with Gasteiger partial charge < -0.3 is 20.6 Å². The molecule has 1 heterocycles. The van der Waals surface area contributed by atoms with Crippen molar-refractivity contribution in [2.24, 2.45) is 12.0 Å². The highest BCUT2D eigenvalue weighted by atomic mass is 16.3. The summed E-state index contributed by atoms with van der Waals surface area (Å²) in [5.41, 5.74) is 0.872. The van der Waals surface area contributed by atoms with Crippen LogP contribution in [0.15, 0.2) is 47.7 Å². The van der Waals surface area contributed by atoms with Crippen molar-refractivity contribution >= 4 is 11.6 Å². The summed E-state index contributed by atoms with van der Waals surface area (Å²) in [6.07, 6.45) is 3.48. The molecule has 142 valence electrons. The van der Waals surface area contributed by atoms with E-state index in [1.165, 1.54) is 5.69 Å². The Kier molecular flexibility index (Phi) is 7.03. The van der Waals surface area contributed by atoms with E-state index in [0.717, 1.165) is 25.2 Å². The molecule has 7 heteroatoms. The normalized spacial score (nSPS) is 14.0. The van der Waals surface area contributed by atoms with Gasteiger partial charge in [-0.2, -0.15) is 5.10 Å². The molecule has 1 unspecified atom stereocenters. The maximum Gasteiger partial charge on any atom is 0.191 e. The number of para-hydroxylation sites is 1. The zero-order valence-corrected chi connectivity index (χ0v) is 16.1. The van der Waals surface area contributed by atoms with Crippen LogP contribution in [0, 0.1) is 0 Å². The summed E-state index contributed by atoms with van der Waals surface area (Å²) in [5.74, 6) is 0.693. The summed E-state index contributed by atoms with van der Waals surface area (Å²) in [6, 6.07) is 10.3. The molecule has 1 aromatic heterocycles. The van der Waals surface area contributed by atoms with E-state index in [2.05, 4.69) is 44.8 Å². The Bertz CT molecular complexity index is 695. The number of aryl methyl sites for hydroxylation is 1. The average Bonchev–Trinajstić information content (AvgIpc) is 3.08. The fraction of sp³-hybridized carbons (Fsp3) is 0.474. The smallest absolute Gasteiger partial charge is 0.191 e. The van der Waals surface area contributed by atoms with Crippen molar-refractivity contribution in [2.45, 2.75) is 19.4 Å². The largest absolute Gasteiger partial charge is 0.383 e. The minimum atomic E-state index is -1.06. The van der Waals surface area contributed by atoms with Crippen LogP contribution in [0.2, 0.25) is 0 Å². The standard InChI is InChI=1S/C19H30N6O/c1-5-20-18(21-11-12-24(3)17-9-7-6-8-10-17)22-15-19(2,26)16-13-23-25(4)14-16/h6-10,13-14,26H,5,11-12,15H2,1-4H3,(H2,20,21,22). The summed E-state index contributed by atoms with van der Waals surface area (Å²) in [6.45, 7) is 6.37. The Morgan fingerprint density at radius 1 is 1.31 bits per heavy atom. The topological polar surface area (TPSA) is 77.7 Å². The summed E-state index contributed by atoms with van der Waals surface area (Å²) >= 11 is 0. The Hall–Kier alpha value is -2.54. The fourth-order valence-electron chi connectivity index (χ4n) is 2.52. The average molecular weight is 358 g/mol. The van der Waals surface area contributed by atoms with Gasteiger partial charge in [0.15, 0.2) is 5.96 Å². The second-order valence-electron chi connectivity index (χ2n) is 6.56. The van der Waals surface area contributed by atoms with Gasteiger partial charge in [0, 0.05) is 51.2 Å². The zero-order valence-electron chi connectivity index (χ0n) is 16.1. The molecule has 0 aliphatic rings. The molecule has 0 aliphatic carbocycles. The lowest BCUT2D eigenvalue weighted by Gasteiger charge is -2.22. The van der Waals surface area contributed by atoms with E-state index in [1.807, 2.05) is 38.4 Å². The summed E-state index contributed by atoms with van der Waals surface area (Å²) in [5, 5.41) is 21.3. The van der Waals surface area contributed by atoms with Crippen LogP contribution in [-0.2, 0) is 12.6 Å². The van der Waals surface area contributed by atoms with Crippen LogP contribution in [0.1, 0.15) is 19.4 Å². The number of aliphatic hydroxyl groups is 1. The first-order valence-corrected chi connectivity index (χ1v) is 8.92. The Morgan fingerprint density at radius 2 is 2.04 bits per heavy atom. The molecular formula is C19H30N6O. The van der Waals surface area contributed by atoms with E-state index in [9.17, 15) is 5.11 Å². The molecule has 0 radical (unpaired) electrons. The molecule has 0 saturated heterocycles. The molecule has 0 spiro atoms. The van der Waals surface area contributed by atoms with Crippen LogP contribution >= 0.6 is 0 Å².